The molecule has 196 valence electrons. The molecule has 1 heterocycles. The highest BCUT2D eigenvalue weighted by molar-refractivity contribution is 7.52. The molecule has 0 radical (unpaired) electrons. The van der Waals surface area contributed by atoms with Gasteiger partial charge in [-0.05, 0) is 92.7 Å². The first-order chi connectivity index (χ1) is 18.2. The van der Waals surface area contributed by atoms with Gasteiger partial charge in [0.2, 0.25) is 0 Å². The lowest BCUT2D eigenvalue weighted by atomic mass is 9.91. The molecular weight excluding hydrogens is 479 g/mol. The number of nitrogens with zero attached hydrogens (tertiary/aromatic N) is 2. The predicted molar refractivity (Wildman–Crippen MR) is 164 cm³/mol. The summed E-state index contributed by atoms with van der Waals surface area (Å²) in [5.41, 5.74) is 14.0. The second-order valence-electron chi connectivity index (χ2n) is 11.2. The molecule has 5 rings (SSSR count). The third-order valence-corrected chi connectivity index (χ3v) is 10.6. The third-order valence-electron chi connectivity index (χ3n) is 8.29. The fraction of sp³-hybridized carbons (Fsp3) is 0.314. The first-order valence-electron chi connectivity index (χ1n) is 13.7. The molecule has 1 aliphatic rings. The zero-order valence-corrected chi connectivity index (χ0v) is 24.9. The summed E-state index contributed by atoms with van der Waals surface area (Å²) in [7, 11) is -0.563. The van der Waals surface area contributed by atoms with Crippen LogP contribution in [0.3, 0.4) is 0 Å². The minimum Gasteiger partial charge on any atom is -0.256 e. The van der Waals surface area contributed by atoms with E-state index in [4.69, 9.17) is 0 Å². The molecule has 0 spiro atoms. The van der Waals surface area contributed by atoms with E-state index in [0.717, 1.165) is 13.1 Å². The average molecular weight is 521 g/mol. The van der Waals surface area contributed by atoms with Crippen molar-refractivity contribution in [2.45, 2.75) is 66.7 Å². The number of aryl methyl sites for hydroxylation is 6. The molecule has 4 aromatic rings. The van der Waals surface area contributed by atoms with Crippen LogP contribution in [0.25, 0.3) is 0 Å². The van der Waals surface area contributed by atoms with Crippen molar-refractivity contribution >= 4 is 8.22 Å². The second kappa shape index (κ2) is 11.1. The summed E-state index contributed by atoms with van der Waals surface area (Å²) in [6, 6.07) is 32.3. The number of hydrogen-bond acceptors (Lipinski definition) is 2. The van der Waals surface area contributed by atoms with Crippen molar-refractivity contribution < 1.29 is 0 Å². The van der Waals surface area contributed by atoms with Gasteiger partial charge in [0, 0.05) is 21.3 Å². The summed E-state index contributed by atoms with van der Waals surface area (Å²) < 4.78 is 5.62. The van der Waals surface area contributed by atoms with Crippen molar-refractivity contribution in [1.29, 1.82) is 0 Å². The first-order valence-corrected chi connectivity index (χ1v) is 15.4. The van der Waals surface area contributed by atoms with Crippen molar-refractivity contribution in [1.82, 2.24) is 9.34 Å². The third kappa shape index (κ3) is 5.23. The molecule has 0 bridgehead atoms. The molecule has 2 atom stereocenters. The quantitative estimate of drug-likeness (QED) is 0.234. The van der Waals surface area contributed by atoms with E-state index in [2.05, 4.69) is 142 Å². The van der Waals surface area contributed by atoms with Crippen molar-refractivity contribution in [3.05, 3.63) is 141 Å². The Morgan fingerprint density at radius 3 is 1.16 bits per heavy atom. The Hall–Kier alpha value is -2.77. The van der Waals surface area contributed by atoms with Crippen LogP contribution in [0.2, 0.25) is 0 Å². The van der Waals surface area contributed by atoms with Crippen LogP contribution in [0.1, 0.15) is 67.7 Å². The number of rotatable bonds is 6. The first kappa shape index (κ1) is 26.8. The van der Waals surface area contributed by atoms with Gasteiger partial charge in [0.1, 0.15) is 0 Å². The van der Waals surface area contributed by atoms with E-state index < -0.39 is 8.22 Å². The van der Waals surface area contributed by atoms with Gasteiger partial charge in [-0.2, -0.15) is 0 Å². The van der Waals surface area contributed by atoms with Crippen LogP contribution in [-0.2, 0) is 13.1 Å². The van der Waals surface area contributed by atoms with Crippen LogP contribution >= 0.6 is 8.22 Å². The molecule has 4 aromatic carbocycles. The van der Waals surface area contributed by atoms with Gasteiger partial charge in [0.25, 0.3) is 0 Å². The van der Waals surface area contributed by atoms with Crippen LogP contribution in [0.4, 0.5) is 0 Å². The highest BCUT2D eigenvalue weighted by Crippen LogP contribution is 2.63. The Balaban J connectivity index is 1.66. The highest BCUT2D eigenvalue weighted by atomic mass is 31.1. The fourth-order valence-corrected chi connectivity index (χ4v) is 8.71. The maximum atomic E-state index is 2.81. The van der Waals surface area contributed by atoms with E-state index in [-0.39, 0.29) is 12.1 Å². The smallest absolute Gasteiger partial charge is 0.0600 e. The lowest BCUT2D eigenvalue weighted by Crippen LogP contribution is -2.24. The second-order valence-corrected chi connectivity index (χ2v) is 13.2. The van der Waals surface area contributed by atoms with Crippen molar-refractivity contribution in [3.63, 3.8) is 0 Å². The molecular formula is C35H41N2P. The minimum atomic E-state index is -0.563. The molecule has 1 saturated heterocycles. The van der Waals surface area contributed by atoms with E-state index in [1.807, 2.05) is 0 Å². The summed E-state index contributed by atoms with van der Waals surface area (Å²) in [5, 5.41) is 0. The van der Waals surface area contributed by atoms with Crippen LogP contribution < -0.4 is 0 Å². The topological polar surface area (TPSA) is 6.48 Å². The monoisotopic (exact) mass is 520 g/mol. The molecule has 1 aliphatic heterocycles. The largest absolute Gasteiger partial charge is 0.256 e. The van der Waals surface area contributed by atoms with E-state index in [0.29, 0.717) is 0 Å². The van der Waals surface area contributed by atoms with Gasteiger partial charge in [-0.15, -0.1) is 0 Å². The SMILES string of the molecule is Cc1cc(C)c(CN2[C@@H](c3ccccc3)[C@H](c3ccccc3)N(Cc3c(C)cc(C)cc3C)P2C)c(C)c1. The molecule has 0 aromatic heterocycles. The van der Waals surface area contributed by atoms with E-state index in [9.17, 15) is 0 Å². The summed E-state index contributed by atoms with van der Waals surface area (Å²) in [6.07, 6.45) is 0. The number of benzene rings is 4. The van der Waals surface area contributed by atoms with Gasteiger partial charge in [0.05, 0.1) is 12.1 Å². The van der Waals surface area contributed by atoms with Gasteiger partial charge in [0.15, 0.2) is 0 Å². The molecule has 0 aliphatic carbocycles. The normalized spacial score (nSPS) is 18.8. The lowest BCUT2D eigenvalue weighted by Gasteiger charge is -2.31. The Kier molecular flexibility index (Phi) is 7.87. The van der Waals surface area contributed by atoms with Crippen molar-refractivity contribution in [2.24, 2.45) is 0 Å². The Morgan fingerprint density at radius 2 is 0.842 bits per heavy atom. The Morgan fingerprint density at radius 1 is 0.526 bits per heavy atom. The molecule has 0 amide bonds. The molecule has 0 unspecified atom stereocenters. The maximum absolute atomic E-state index is 2.81. The van der Waals surface area contributed by atoms with Crippen molar-refractivity contribution in [3.8, 4) is 0 Å². The minimum absolute atomic E-state index is 0.279. The zero-order valence-electron chi connectivity index (χ0n) is 24.0. The van der Waals surface area contributed by atoms with Crippen LogP contribution in [0, 0.1) is 41.5 Å². The van der Waals surface area contributed by atoms with Crippen LogP contribution in [-0.4, -0.2) is 16.0 Å². The van der Waals surface area contributed by atoms with Gasteiger partial charge < -0.3 is 0 Å². The predicted octanol–water partition coefficient (Wildman–Crippen LogP) is 9.28. The highest BCUT2D eigenvalue weighted by Gasteiger charge is 2.47. The van der Waals surface area contributed by atoms with Gasteiger partial charge in [-0.25, -0.2) is 0 Å². The molecule has 3 heteroatoms. The van der Waals surface area contributed by atoms with Gasteiger partial charge >= 0.3 is 0 Å². The van der Waals surface area contributed by atoms with Gasteiger partial charge in [-0.3, -0.25) is 9.34 Å². The Bertz CT molecular complexity index is 1260. The lowest BCUT2D eigenvalue weighted by molar-refractivity contribution is 0.262. The molecule has 0 saturated carbocycles. The summed E-state index contributed by atoms with van der Waals surface area (Å²) >= 11 is 0. The summed E-state index contributed by atoms with van der Waals surface area (Å²) in [4.78, 5) is 0. The standard InChI is InChI=1S/C35H41N2P/c1-24-18-26(3)32(27(4)19-24)22-36-34(30-14-10-8-11-15-30)35(31-16-12-9-13-17-31)37(38(36)7)23-33-28(5)20-25(2)21-29(33)6/h8-21,34-35H,22-23H2,1-7H3/t34-,35-/m0/s1. The van der Waals surface area contributed by atoms with Crippen LogP contribution in [0.5, 0.6) is 0 Å². The summed E-state index contributed by atoms with van der Waals surface area (Å²) in [5.74, 6) is 0. The van der Waals surface area contributed by atoms with E-state index >= 15 is 0 Å². The van der Waals surface area contributed by atoms with Crippen LogP contribution in [0.15, 0.2) is 84.9 Å². The molecule has 1 fully saturated rings. The average Bonchev–Trinajstić information content (AvgIpc) is 3.15. The van der Waals surface area contributed by atoms with Gasteiger partial charge in [-0.1, -0.05) is 96.1 Å². The molecule has 0 N–H and O–H groups in total. The zero-order chi connectivity index (χ0) is 27.0. The van der Waals surface area contributed by atoms with Crippen molar-refractivity contribution in [2.75, 3.05) is 6.66 Å². The maximum Gasteiger partial charge on any atom is 0.0600 e. The van der Waals surface area contributed by atoms with E-state index in [1.54, 1.807) is 0 Å². The Labute approximate surface area is 231 Å². The van der Waals surface area contributed by atoms with E-state index in [1.165, 1.54) is 55.6 Å². The fourth-order valence-electron chi connectivity index (χ4n) is 6.49. The molecule has 2 nitrogen and oxygen atoms in total. The molecule has 38 heavy (non-hydrogen) atoms. The summed E-state index contributed by atoms with van der Waals surface area (Å²) in [6.45, 7) is 18.0. The number of hydrogen-bond donors (Lipinski definition) is 0.